The first kappa shape index (κ1) is 28.6. The number of rotatable bonds is 10. The van der Waals surface area contributed by atoms with E-state index in [-0.39, 0.29) is 26.4 Å². The predicted molar refractivity (Wildman–Crippen MR) is 180 cm³/mol. The lowest BCUT2D eigenvalue weighted by molar-refractivity contribution is 0.201. The zero-order valence-corrected chi connectivity index (χ0v) is 24.9. The molecule has 0 saturated carbocycles. The fraction of sp³-hybridized carbons (Fsp3) is 0.122. The monoisotopic (exact) mass is 590 g/mol. The Labute approximate surface area is 263 Å². The highest BCUT2D eigenvalue weighted by molar-refractivity contribution is 5.87. The molecule has 4 nitrogen and oxygen atoms in total. The Kier molecular flexibility index (Phi) is 7.91. The van der Waals surface area contributed by atoms with Crippen LogP contribution >= 0.6 is 0 Å². The number of hydrogen-bond donors (Lipinski definition) is 2. The van der Waals surface area contributed by atoms with Gasteiger partial charge < -0.3 is 19.7 Å². The molecule has 1 aliphatic rings. The van der Waals surface area contributed by atoms with E-state index in [0.29, 0.717) is 0 Å². The van der Waals surface area contributed by atoms with Crippen LogP contribution < -0.4 is 9.47 Å². The van der Waals surface area contributed by atoms with Crippen LogP contribution in [0.4, 0.5) is 0 Å². The molecule has 0 radical (unpaired) electrons. The van der Waals surface area contributed by atoms with Crippen molar-refractivity contribution in [1.29, 1.82) is 0 Å². The number of aliphatic hydroxyl groups excluding tert-OH is 2. The van der Waals surface area contributed by atoms with Crippen molar-refractivity contribution in [2.45, 2.75) is 5.41 Å². The van der Waals surface area contributed by atoms with Gasteiger partial charge in [-0.3, -0.25) is 0 Å². The summed E-state index contributed by atoms with van der Waals surface area (Å²) in [6, 6.07) is 51.4. The van der Waals surface area contributed by atoms with Gasteiger partial charge in [0.1, 0.15) is 24.7 Å². The summed E-state index contributed by atoms with van der Waals surface area (Å²) in [7, 11) is 0. The van der Waals surface area contributed by atoms with Gasteiger partial charge in [0.2, 0.25) is 0 Å². The number of benzene rings is 6. The highest BCUT2D eigenvalue weighted by atomic mass is 16.5. The van der Waals surface area contributed by atoms with E-state index < -0.39 is 5.41 Å². The molecule has 0 fully saturated rings. The topological polar surface area (TPSA) is 58.9 Å². The molecule has 4 heteroatoms. The van der Waals surface area contributed by atoms with Gasteiger partial charge in [0.05, 0.1) is 18.6 Å². The van der Waals surface area contributed by atoms with Gasteiger partial charge in [-0.05, 0) is 92.0 Å². The van der Waals surface area contributed by atoms with Crippen LogP contribution in [0.5, 0.6) is 11.5 Å². The number of aliphatic hydroxyl groups is 2. The summed E-state index contributed by atoms with van der Waals surface area (Å²) in [5, 5.41) is 18.3. The first-order valence-corrected chi connectivity index (χ1v) is 15.3. The highest BCUT2D eigenvalue weighted by Crippen LogP contribution is 2.56. The molecule has 0 atom stereocenters. The number of ether oxygens (including phenoxy) is 2. The lowest BCUT2D eigenvalue weighted by Crippen LogP contribution is -2.28. The molecule has 2 N–H and O–H groups in total. The van der Waals surface area contributed by atoms with Gasteiger partial charge in [-0.25, -0.2) is 0 Å². The summed E-state index contributed by atoms with van der Waals surface area (Å²) in [4.78, 5) is 0. The molecule has 0 unspecified atom stereocenters. The van der Waals surface area contributed by atoms with Crippen LogP contribution in [-0.2, 0) is 5.41 Å². The van der Waals surface area contributed by atoms with Gasteiger partial charge in [0.15, 0.2) is 0 Å². The second kappa shape index (κ2) is 12.4. The number of fused-ring (bicyclic) bond motifs is 3. The SMILES string of the molecule is OCCOc1ccc(-c2cccc(C3(c4cccc(-c5ccc(OCCO)cc5)c4)c4ccccc4-c4ccccc43)c2)cc1. The minimum Gasteiger partial charge on any atom is -0.491 e. The van der Waals surface area contributed by atoms with Crippen molar-refractivity contribution in [3.63, 3.8) is 0 Å². The van der Waals surface area contributed by atoms with Gasteiger partial charge in [0.25, 0.3) is 0 Å². The lowest BCUT2D eigenvalue weighted by atomic mass is 9.67. The fourth-order valence-electron chi connectivity index (χ4n) is 6.70. The van der Waals surface area contributed by atoms with Gasteiger partial charge >= 0.3 is 0 Å². The summed E-state index contributed by atoms with van der Waals surface area (Å²) in [6.07, 6.45) is 0. The molecule has 7 rings (SSSR count). The summed E-state index contributed by atoms with van der Waals surface area (Å²) in [6.45, 7) is 0.522. The molecule has 0 saturated heterocycles. The molecule has 0 heterocycles. The van der Waals surface area contributed by atoms with Crippen LogP contribution in [0.1, 0.15) is 22.3 Å². The van der Waals surface area contributed by atoms with Crippen molar-refractivity contribution >= 4 is 0 Å². The molecule has 0 spiro atoms. The minimum atomic E-state index is -0.534. The van der Waals surface area contributed by atoms with Crippen LogP contribution in [0.3, 0.4) is 0 Å². The average molecular weight is 591 g/mol. The van der Waals surface area contributed by atoms with Crippen molar-refractivity contribution in [2.24, 2.45) is 0 Å². The third kappa shape index (κ3) is 5.18. The van der Waals surface area contributed by atoms with E-state index in [1.54, 1.807) is 0 Å². The molecular formula is C41H34O4. The van der Waals surface area contributed by atoms with Crippen molar-refractivity contribution in [3.05, 3.63) is 168 Å². The van der Waals surface area contributed by atoms with Gasteiger partial charge in [-0.15, -0.1) is 0 Å². The summed E-state index contributed by atoms with van der Waals surface area (Å²) < 4.78 is 11.2. The predicted octanol–water partition coefficient (Wildman–Crippen LogP) is 8.13. The Morgan fingerprint density at radius 3 is 1.27 bits per heavy atom. The quantitative estimate of drug-likeness (QED) is 0.169. The van der Waals surface area contributed by atoms with Crippen molar-refractivity contribution in [3.8, 4) is 44.9 Å². The van der Waals surface area contributed by atoms with Crippen molar-refractivity contribution in [2.75, 3.05) is 26.4 Å². The van der Waals surface area contributed by atoms with E-state index in [4.69, 9.17) is 19.7 Å². The van der Waals surface area contributed by atoms with Crippen molar-refractivity contribution < 1.29 is 19.7 Å². The first-order chi connectivity index (χ1) is 22.2. The van der Waals surface area contributed by atoms with E-state index in [1.807, 2.05) is 24.3 Å². The van der Waals surface area contributed by atoms with E-state index in [2.05, 4.69) is 121 Å². The number of hydrogen-bond acceptors (Lipinski definition) is 4. The van der Waals surface area contributed by atoms with Gasteiger partial charge in [-0.1, -0.05) is 109 Å². The summed E-state index contributed by atoms with van der Waals surface area (Å²) in [5.74, 6) is 1.48. The Balaban J connectivity index is 1.40. The summed E-state index contributed by atoms with van der Waals surface area (Å²) in [5.41, 5.74) is 11.3. The molecule has 45 heavy (non-hydrogen) atoms. The van der Waals surface area contributed by atoms with Crippen LogP contribution in [-0.4, -0.2) is 36.6 Å². The van der Waals surface area contributed by atoms with Crippen LogP contribution in [0.25, 0.3) is 33.4 Å². The second-order valence-corrected chi connectivity index (χ2v) is 11.2. The Morgan fingerprint density at radius 2 is 0.844 bits per heavy atom. The molecular weight excluding hydrogens is 556 g/mol. The molecule has 1 aliphatic carbocycles. The Morgan fingerprint density at radius 1 is 0.422 bits per heavy atom. The fourth-order valence-corrected chi connectivity index (χ4v) is 6.70. The van der Waals surface area contributed by atoms with E-state index in [0.717, 1.165) is 33.8 Å². The minimum absolute atomic E-state index is 0.0135. The molecule has 6 aromatic rings. The molecule has 0 bridgehead atoms. The standard InChI is InChI=1S/C41H34O4/c42-23-25-44-35-19-15-29(16-20-35)31-7-5-9-33(27-31)41(39-13-3-1-11-37(39)38-12-2-4-14-40(38)41)34-10-6-8-32(28-34)30-17-21-36(22-18-30)45-26-24-43/h1-22,27-28,42-43H,23-26H2. The zero-order chi connectivity index (χ0) is 30.6. The van der Waals surface area contributed by atoms with E-state index in [1.165, 1.54) is 33.4 Å². The third-order valence-electron chi connectivity index (χ3n) is 8.64. The lowest BCUT2D eigenvalue weighted by Gasteiger charge is -2.34. The average Bonchev–Trinajstić information content (AvgIpc) is 3.42. The second-order valence-electron chi connectivity index (χ2n) is 11.2. The highest BCUT2D eigenvalue weighted by Gasteiger charge is 2.46. The smallest absolute Gasteiger partial charge is 0.119 e. The van der Waals surface area contributed by atoms with Gasteiger partial charge in [-0.2, -0.15) is 0 Å². The van der Waals surface area contributed by atoms with Gasteiger partial charge in [0, 0.05) is 0 Å². The van der Waals surface area contributed by atoms with E-state index >= 15 is 0 Å². The molecule has 0 amide bonds. The van der Waals surface area contributed by atoms with Crippen molar-refractivity contribution in [1.82, 2.24) is 0 Å². The molecule has 0 aromatic heterocycles. The maximum absolute atomic E-state index is 9.14. The largest absolute Gasteiger partial charge is 0.491 e. The normalized spacial score (nSPS) is 12.8. The third-order valence-corrected chi connectivity index (χ3v) is 8.64. The van der Waals surface area contributed by atoms with Crippen LogP contribution in [0.15, 0.2) is 146 Å². The maximum atomic E-state index is 9.14. The zero-order valence-electron chi connectivity index (χ0n) is 24.9. The molecule has 6 aromatic carbocycles. The summed E-state index contributed by atoms with van der Waals surface area (Å²) >= 11 is 0. The van der Waals surface area contributed by atoms with E-state index in [9.17, 15) is 0 Å². The van der Waals surface area contributed by atoms with Crippen LogP contribution in [0, 0.1) is 0 Å². The Hall–Kier alpha value is -5.16. The Bertz CT molecular complexity index is 1780. The first-order valence-electron chi connectivity index (χ1n) is 15.3. The molecule has 222 valence electrons. The maximum Gasteiger partial charge on any atom is 0.119 e. The molecule has 0 aliphatic heterocycles. The van der Waals surface area contributed by atoms with Crippen LogP contribution in [0.2, 0.25) is 0 Å².